The zero-order valence-corrected chi connectivity index (χ0v) is 16.6. The topological polar surface area (TPSA) is 35.5 Å². The van der Waals surface area contributed by atoms with E-state index < -0.39 is 0 Å². The van der Waals surface area contributed by atoms with Crippen LogP contribution in [0.15, 0.2) is 12.1 Å². The molecule has 0 unspecified atom stereocenters. The second-order valence-electron chi connectivity index (χ2n) is 9.00. The van der Waals surface area contributed by atoms with E-state index in [9.17, 15) is 4.79 Å². The van der Waals surface area contributed by atoms with Gasteiger partial charge >= 0.3 is 0 Å². The third-order valence-electron chi connectivity index (χ3n) is 7.92. The number of Topliss-reactive ketones (excluding diaryl/α,β-unsaturated/α-hetero) is 1. The minimum Gasteiger partial charge on any atom is -0.496 e. The molecule has 3 aliphatic carbocycles. The summed E-state index contributed by atoms with van der Waals surface area (Å²) in [4.78, 5) is 12.2. The Hall–Kier alpha value is -1.35. The third-order valence-corrected chi connectivity index (χ3v) is 7.92. The van der Waals surface area contributed by atoms with E-state index in [1.807, 2.05) is 6.92 Å². The number of ketones is 1. The van der Waals surface area contributed by atoms with Crippen LogP contribution in [0.2, 0.25) is 0 Å². The first-order chi connectivity index (χ1) is 12.5. The van der Waals surface area contributed by atoms with E-state index in [0.717, 1.165) is 30.1 Å². The van der Waals surface area contributed by atoms with Crippen molar-refractivity contribution in [2.45, 2.75) is 64.9 Å². The van der Waals surface area contributed by atoms with Gasteiger partial charge in [0, 0.05) is 18.6 Å². The normalized spacial score (nSPS) is 35.4. The zero-order chi connectivity index (χ0) is 18.5. The van der Waals surface area contributed by atoms with Crippen molar-refractivity contribution < 1.29 is 14.3 Å². The Bertz CT molecular complexity index is 710. The van der Waals surface area contributed by atoms with Crippen molar-refractivity contribution in [2.24, 2.45) is 23.2 Å². The maximum Gasteiger partial charge on any atom is 0.133 e. The summed E-state index contributed by atoms with van der Waals surface area (Å²) in [7, 11) is 3.49. The van der Waals surface area contributed by atoms with Crippen LogP contribution in [-0.2, 0) is 22.6 Å². The van der Waals surface area contributed by atoms with Gasteiger partial charge < -0.3 is 9.47 Å². The molecular weight excluding hydrogens is 324 g/mol. The van der Waals surface area contributed by atoms with Gasteiger partial charge in [0.1, 0.15) is 11.5 Å². The zero-order valence-electron chi connectivity index (χ0n) is 16.6. The number of fused-ring (bicyclic) bond motifs is 5. The number of ether oxygens (including phenoxy) is 2. The van der Waals surface area contributed by atoms with Gasteiger partial charge in [-0.2, -0.15) is 0 Å². The molecule has 0 heterocycles. The number of methoxy groups -OCH3 is 2. The minimum atomic E-state index is 0.229. The molecule has 142 valence electrons. The average Bonchev–Trinajstić information content (AvgIpc) is 2.98. The van der Waals surface area contributed by atoms with E-state index in [1.54, 1.807) is 14.2 Å². The number of rotatable bonds is 4. The summed E-state index contributed by atoms with van der Waals surface area (Å²) in [5.74, 6) is 3.74. The Kier molecular flexibility index (Phi) is 4.63. The van der Waals surface area contributed by atoms with Crippen molar-refractivity contribution in [3.8, 4) is 5.75 Å². The van der Waals surface area contributed by atoms with Crippen molar-refractivity contribution >= 4 is 5.78 Å². The predicted molar refractivity (Wildman–Crippen MR) is 102 cm³/mol. The molecule has 3 heteroatoms. The molecule has 0 amide bonds. The van der Waals surface area contributed by atoms with Crippen LogP contribution < -0.4 is 4.74 Å². The summed E-state index contributed by atoms with van der Waals surface area (Å²) >= 11 is 0. The lowest BCUT2D eigenvalue weighted by molar-refractivity contribution is -0.125. The summed E-state index contributed by atoms with van der Waals surface area (Å²) in [6.07, 6.45) is 7.14. The first-order valence-electron chi connectivity index (χ1n) is 10.2. The molecule has 2 saturated carbocycles. The Balaban J connectivity index is 1.68. The van der Waals surface area contributed by atoms with Crippen molar-refractivity contribution in [3.63, 3.8) is 0 Å². The SMILES string of the molecule is COCc1cc2c(cc1OC)CC[C@@H]1[C@@H]2CC[C@]2(C)[C@@H](C(C)=O)CC[C@@H]12. The van der Waals surface area contributed by atoms with Crippen LogP contribution in [0.25, 0.3) is 0 Å². The molecule has 2 fully saturated rings. The Morgan fingerprint density at radius 2 is 2.00 bits per heavy atom. The van der Waals surface area contributed by atoms with Gasteiger partial charge in [0.2, 0.25) is 0 Å². The summed E-state index contributed by atoms with van der Waals surface area (Å²) < 4.78 is 11.0. The first kappa shape index (κ1) is 18.0. The Morgan fingerprint density at radius 1 is 1.19 bits per heavy atom. The van der Waals surface area contributed by atoms with Crippen molar-refractivity contribution in [2.75, 3.05) is 14.2 Å². The number of carbonyl (C=O) groups excluding carboxylic acids is 1. The summed E-state index contributed by atoms with van der Waals surface area (Å²) in [5, 5.41) is 0. The number of aryl methyl sites for hydroxylation is 1. The van der Waals surface area contributed by atoms with Crippen molar-refractivity contribution in [3.05, 3.63) is 28.8 Å². The van der Waals surface area contributed by atoms with E-state index in [-0.39, 0.29) is 11.3 Å². The highest BCUT2D eigenvalue weighted by Gasteiger charge is 2.55. The second kappa shape index (κ2) is 6.67. The van der Waals surface area contributed by atoms with Gasteiger partial charge in [0.05, 0.1) is 13.7 Å². The summed E-state index contributed by atoms with van der Waals surface area (Å²) in [6.45, 7) is 4.82. The number of carbonyl (C=O) groups is 1. The molecule has 0 radical (unpaired) electrons. The minimum absolute atomic E-state index is 0.229. The van der Waals surface area contributed by atoms with Gasteiger partial charge in [0.15, 0.2) is 0 Å². The molecule has 0 bridgehead atoms. The van der Waals surface area contributed by atoms with E-state index in [1.165, 1.54) is 36.8 Å². The molecule has 5 atom stereocenters. The Morgan fingerprint density at radius 3 is 2.69 bits per heavy atom. The van der Waals surface area contributed by atoms with E-state index in [0.29, 0.717) is 24.2 Å². The fourth-order valence-corrected chi connectivity index (χ4v) is 6.77. The van der Waals surface area contributed by atoms with E-state index >= 15 is 0 Å². The van der Waals surface area contributed by atoms with E-state index in [4.69, 9.17) is 9.47 Å². The lowest BCUT2D eigenvalue weighted by atomic mass is 9.54. The van der Waals surface area contributed by atoms with Gasteiger partial charge in [-0.1, -0.05) is 6.92 Å². The molecule has 3 aliphatic rings. The van der Waals surface area contributed by atoms with Crippen molar-refractivity contribution in [1.29, 1.82) is 0 Å². The van der Waals surface area contributed by atoms with Gasteiger partial charge in [-0.25, -0.2) is 0 Å². The van der Waals surface area contributed by atoms with Crippen LogP contribution in [0.5, 0.6) is 5.75 Å². The molecule has 0 spiro atoms. The highest BCUT2D eigenvalue weighted by molar-refractivity contribution is 5.79. The van der Waals surface area contributed by atoms with Gasteiger partial charge in [0.25, 0.3) is 0 Å². The van der Waals surface area contributed by atoms with Crippen LogP contribution in [0.4, 0.5) is 0 Å². The lowest BCUT2D eigenvalue weighted by Crippen LogP contribution is -2.43. The number of benzene rings is 1. The average molecular weight is 357 g/mol. The number of hydrogen-bond donors (Lipinski definition) is 0. The molecule has 3 nitrogen and oxygen atoms in total. The lowest BCUT2D eigenvalue weighted by Gasteiger charge is -2.50. The maximum atomic E-state index is 12.2. The molecule has 26 heavy (non-hydrogen) atoms. The van der Waals surface area contributed by atoms with E-state index in [2.05, 4.69) is 19.1 Å². The summed E-state index contributed by atoms with van der Waals surface area (Å²) in [6, 6.07) is 4.61. The molecular formula is C23H32O3. The molecule has 0 saturated heterocycles. The van der Waals surface area contributed by atoms with Gasteiger partial charge in [-0.15, -0.1) is 0 Å². The fraction of sp³-hybridized carbons (Fsp3) is 0.696. The van der Waals surface area contributed by atoms with Crippen LogP contribution in [0.3, 0.4) is 0 Å². The maximum absolute atomic E-state index is 12.2. The monoisotopic (exact) mass is 356 g/mol. The molecule has 0 N–H and O–H groups in total. The molecule has 1 aromatic rings. The summed E-state index contributed by atoms with van der Waals surface area (Å²) in [5.41, 5.74) is 4.39. The molecule has 0 aromatic heterocycles. The molecule has 4 rings (SSSR count). The Labute approximate surface area is 157 Å². The van der Waals surface area contributed by atoms with Crippen molar-refractivity contribution in [1.82, 2.24) is 0 Å². The van der Waals surface area contributed by atoms with Crippen LogP contribution in [-0.4, -0.2) is 20.0 Å². The predicted octanol–water partition coefficient (Wildman–Crippen LogP) is 4.90. The molecule has 0 aliphatic heterocycles. The fourth-order valence-electron chi connectivity index (χ4n) is 6.77. The quantitative estimate of drug-likeness (QED) is 0.769. The van der Waals surface area contributed by atoms with Crippen LogP contribution in [0, 0.1) is 23.2 Å². The number of hydrogen-bond acceptors (Lipinski definition) is 3. The second-order valence-corrected chi connectivity index (χ2v) is 9.00. The van der Waals surface area contributed by atoms with Crippen LogP contribution in [0.1, 0.15) is 68.6 Å². The largest absolute Gasteiger partial charge is 0.496 e. The third kappa shape index (κ3) is 2.62. The van der Waals surface area contributed by atoms with Gasteiger partial charge in [-0.05, 0) is 91.9 Å². The van der Waals surface area contributed by atoms with Crippen LogP contribution >= 0.6 is 0 Å². The highest BCUT2D eigenvalue weighted by atomic mass is 16.5. The van der Waals surface area contributed by atoms with Gasteiger partial charge in [-0.3, -0.25) is 4.79 Å². The smallest absolute Gasteiger partial charge is 0.133 e. The first-order valence-corrected chi connectivity index (χ1v) is 10.2. The molecule has 1 aromatic carbocycles. The standard InChI is InChI=1S/C23H32O3/c1-14(24)20-7-8-21-18-6-5-15-12-22(26-4)16(13-25-3)11-19(15)17(18)9-10-23(20,21)2/h11-12,17-18,20-21H,5-10,13H2,1-4H3/t17-,18+,20+,21-,23+/m0/s1. The highest BCUT2D eigenvalue weighted by Crippen LogP contribution is 2.63.